The van der Waals surface area contributed by atoms with E-state index in [1.54, 1.807) is 25.4 Å². The molecule has 0 aliphatic rings. The first-order valence-electron chi connectivity index (χ1n) is 5.92. The van der Waals surface area contributed by atoms with Gasteiger partial charge in [-0.15, -0.1) is 0 Å². The van der Waals surface area contributed by atoms with Crippen molar-refractivity contribution in [2.24, 2.45) is 0 Å². The van der Waals surface area contributed by atoms with E-state index >= 15 is 0 Å². The van der Waals surface area contributed by atoms with Gasteiger partial charge in [-0.05, 0) is 36.8 Å². The maximum absolute atomic E-state index is 11.5. The molecule has 0 atom stereocenters. The highest BCUT2D eigenvalue weighted by atomic mass is 16.5. The molecule has 2 aromatic rings. The first kappa shape index (κ1) is 13.2. The molecule has 4 heteroatoms. The van der Waals surface area contributed by atoms with Gasteiger partial charge in [0, 0.05) is 13.3 Å². The Balaban J connectivity index is 2.26. The van der Waals surface area contributed by atoms with Gasteiger partial charge in [0.05, 0.1) is 12.2 Å². The lowest BCUT2D eigenvalue weighted by atomic mass is 10.2. The first-order valence-corrected chi connectivity index (χ1v) is 5.92. The summed E-state index contributed by atoms with van der Waals surface area (Å²) in [5.74, 6) is 0.886. The van der Waals surface area contributed by atoms with Gasteiger partial charge in [-0.1, -0.05) is 12.1 Å². The lowest BCUT2D eigenvalue weighted by Crippen LogP contribution is -1.99. The summed E-state index contributed by atoms with van der Waals surface area (Å²) in [7, 11) is 1.64. The van der Waals surface area contributed by atoms with E-state index in [1.807, 2.05) is 24.3 Å². The van der Waals surface area contributed by atoms with Gasteiger partial charge in [0.25, 0.3) is 0 Å². The van der Waals surface area contributed by atoms with Crippen molar-refractivity contribution in [3.8, 4) is 11.6 Å². The molecule has 0 aliphatic carbocycles. The topological polar surface area (TPSA) is 48.4 Å². The molecule has 0 bridgehead atoms. The number of rotatable bonds is 5. The predicted octanol–water partition coefficient (Wildman–Crippen LogP) is 3.22. The van der Waals surface area contributed by atoms with Crippen molar-refractivity contribution in [2.75, 3.05) is 7.11 Å². The number of methoxy groups -OCH3 is 1. The fourth-order valence-corrected chi connectivity index (χ4v) is 1.72. The third-order valence-corrected chi connectivity index (χ3v) is 2.57. The Labute approximate surface area is 112 Å². The van der Waals surface area contributed by atoms with Crippen LogP contribution in [0, 0.1) is 0 Å². The molecule has 0 spiro atoms. The van der Waals surface area contributed by atoms with E-state index in [0.29, 0.717) is 23.8 Å². The van der Waals surface area contributed by atoms with Crippen molar-refractivity contribution >= 4 is 5.78 Å². The van der Waals surface area contributed by atoms with Crippen LogP contribution in [0.15, 0.2) is 42.6 Å². The molecule has 0 fully saturated rings. The highest BCUT2D eigenvalue weighted by Gasteiger charge is 2.10. The van der Waals surface area contributed by atoms with Crippen LogP contribution in [0.25, 0.3) is 0 Å². The van der Waals surface area contributed by atoms with Gasteiger partial charge >= 0.3 is 0 Å². The van der Waals surface area contributed by atoms with E-state index in [2.05, 4.69) is 4.98 Å². The zero-order valence-corrected chi connectivity index (χ0v) is 10.9. The molecule has 0 unspecified atom stereocenters. The average molecular weight is 257 g/mol. The van der Waals surface area contributed by atoms with Crippen LogP contribution in [-0.2, 0) is 11.3 Å². The number of hydrogen-bond donors (Lipinski definition) is 0. The summed E-state index contributed by atoms with van der Waals surface area (Å²) in [6.07, 6.45) is 1.60. The van der Waals surface area contributed by atoms with Crippen LogP contribution < -0.4 is 4.74 Å². The third kappa shape index (κ3) is 3.39. The van der Waals surface area contributed by atoms with Gasteiger partial charge in [-0.25, -0.2) is 4.98 Å². The number of aromatic nitrogens is 1. The highest BCUT2D eigenvalue weighted by Crippen LogP contribution is 2.24. The molecule has 2 rings (SSSR count). The van der Waals surface area contributed by atoms with Crippen molar-refractivity contribution in [2.45, 2.75) is 13.5 Å². The number of Topliss-reactive ketones (excluding diaryl/α,β-unsaturated/α-hetero) is 1. The maximum Gasteiger partial charge on any atom is 0.230 e. The summed E-state index contributed by atoms with van der Waals surface area (Å²) in [4.78, 5) is 15.6. The Morgan fingerprint density at radius 3 is 2.84 bits per heavy atom. The third-order valence-electron chi connectivity index (χ3n) is 2.57. The van der Waals surface area contributed by atoms with Gasteiger partial charge in [-0.3, -0.25) is 4.79 Å². The van der Waals surface area contributed by atoms with Crippen LogP contribution in [-0.4, -0.2) is 17.9 Å². The van der Waals surface area contributed by atoms with E-state index in [4.69, 9.17) is 9.47 Å². The van der Waals surface area contributed by atoms with Crippen LogP contribution in [0.3, 0.4) is 0 Å². The maximum atomic E-state index is 11.5. The van der Waals surface area contributed by atoms with Crippen LogP contribution >= 0.6 is 0 Å². The minimum atomic E-state index is -0.0730. The number of carbonyl (C=O) groups excluding carboxylic acids is 1. The Morgan fingerprint density at radius 2 is 2.11 bits per heavy atom. The molecule has 0 saturated carbocycles. The molecular formula is C15H15NO3. The smallest absolute Gasteiger partial charge is 0.230 e. The van der Waals surface area contributed by atoms with Crippen molar-refractivity contribution in [3.63, 3.8) is 0 Å². The van der Waals surface area contributed by atoms with Crippen molar-refractivity contribution in [1.82, 2.24) is 4.98 Å². The SMILES string of the molecule is COCc1cccc(Oc2ncccc2C(C)=O)c1. The van der Waals surface area contributed by atoms with Gasteiger partial charge in [0.1, 0.15) is 5.75 Å². The summed E-state index contributed by atoms with van der Waals surface area (Å²) in [6.45, 7) is 2.00. The van der Waals surface area contributed by atoms with Crippen LogP contribution in [0.1, 0.15) is 22.8 Å². The standard InChI is InChI=1S/C15H15NO3/c1-11(17)14-7-4-8-16-15(14)19-13-6-3-5-12(9-13)10-18-2/h3-9H,10H2,1-2H3. The Bertz CT molecular complexity index is 581. The van der Waals surface area contributed by atoms with Gasteiger partial charge in [-0.2, -0.15) is 0 Å². The number of ether oxygens (including phenoxy) is 2. The molecule has 1 heterocycles. The molecule has 0 radical (unpaired) electrons. The van der Waals surface area contributed by atoms with Gasteiger partial charge in [0.15, 0.2) is 5.78 Å². The summed E-state index contributed by atoms with van der Waals surface area (Å²) in [5, 5.41) is 0. The zero-order valence-electron chi connectivity index (χ0n) is 10.9. The number of carbonyl (C=O) groups is 1. The van der Waals surface area contributed by atoms with E-state index in [9.17, 15) is 4.79 Å². The largest absolute Gasteiger partial charge is 0.438 e. The number of pyridine rings is 1. The van der Waals surface area contributed by atoms with E-state index in [1.165, 1.54) is 6.92 Å². The number of hydrogen-bond acceptors (Lipinski definition) is 4. The quantitative estimate of drug-likeness (QED) is 0.772. The molecule has 0 N–H and O–H groups in total. The Morgan fingerprint density at radius 1 is 1.26 bits per heavy atom. The molecule has 0 amide bonds. The molecule has 4 nitrogen and oxygen atoms in total. The Hall–Kier alpha value is -2.20. The molecule has 1 aromatic carbocycles. The van der Waals surface area contributed by atoms with E-state index in [0.717, 1.165) is 5.56 Å². The molecule has 98 valence electrons. The second kappa shape index (κ2) is 6.11. The number of benzene rings is 1. The van der Waals surface area contributed by atoms with Crippen molar-refractivity contribution < 1.29 is 14.3 Å². The summed E-state index contributed by atoms with van der Waals surface area (Å²) < 4.78 is 10.7. The molecule has 19 heavy (non-hydrogen) atoms. The van der Waals surface area contributed by atoms with Crippen molar-refractivity contribution in [1.29, 1.82) is 0 Å². The van der Waals surface area contributed by atoms with Gasteiger partial charge < -0.3 is 9.47 Å². The molecule has 0 saturated heterocycles. The number of nitrogens with zero attached hydrogens (tertiary/aromatic N) is 1. The minimum Gasteiger partial charge on any atom is -0.438 e. The van der Waals surface area contributed by atoms with Gasteiger partial charge in [0.2, 0.25) is 5.88 Å². The molecular weight excluding hydrogens is 242 g/mol. The van der Waals surface area contributed by atoms with Crippen LogP contribution in [0.2, 0.25) is 0 Å². The fraction of sp³-hybridized carbons (Fsp3) is 0.200. The second-order valence-corrected chi connectivity index (χ2v) is 4.09. The van der Waals surface area contributed by atoms with Crippen molar-refractivity contribution in [3.05, 3.63) is 53.7 Å². The van der Waals surface area contributed by atoms with Crippen LogP contribution in [0.5, 0.6) is 11.6 Å². The Kier molecular flexibility index (Phi) is 4.26. The first-order chi connectivity index (χ1) is 9.20. The molecule has 0 aliphatic heterocycles. The summed E-state index contributed by atoms with van der Waals surface area (Å²) >= 11 is 0. The lowest BCUT2D eigenvalue weighted by Gasteiger charge is -2.09. The monoisotopic (exact) mass is 257 g/mol. The number of ketones is 1. The average Bonchev–Trinajstić information content (AvgIpc) is 2.40. The van der Waals surface area contributed by atoms with E-state index < -0.39 is 0 Å². The zero-order chi connectivity index (χ0) is 13.7. The second-order valence-electron chi connectivity index (χ2n) is 4.09. The highest BCUT2D eigenvalue weighted by molar-refractivity contribution is 5.96. The van der Waals surface area contributed by atoms with E-state index in [-0.39, 0.29) is 5.78 Å². The molecule has 1 aromatic heterocycles. The fourth-order valence-electron chi connectivity index (χ4n) is 1.72. The minimum absolute atomic E-state index is 0.0730. The summed E-state index contributed by atoms with van der Waals surface area (Å²) in [6, 6.07) is 10.9. The normalized spacial score (nSPS) is 10.2. The predicted molar refractivity (Wildman–Crippen MR) is 71.5 cm³/mol. The van der Waals surface area contributed by atoms with Crippen LogP contribution in [0.4, 0.5) is 0 Å². The lowest BCUT2D eigenvalue weighted by molar-refractivity contribution is 0.101. The summed E-state index contributed by atoms with van der Waals surface area (Å²) in [5.41, 5.74) is 1.47.